The molecule has 1 amide bonds. The molecule has 1 unspecified atom stereocenters. The molecule has 0 bridgehead atoms. The fourth-order valence-corrected chi connectivity index (χ4v) is 2.27. The summed E-state index contributed by atoms with van der Waals surface area (Å²) in [5.74, 6) is 0.684. The van der Waals surface area contributed by atoms with Crippen LogP contribution in [0, 0.1) is 0 Å². The van der Waals surface area contributed by atoms with Crippen molar-refractivity contribution in [2.75, 3.05) is 12.3 Å². The Hall–Kier alpha value is -2.43. The summed E-state index contributed by atoms with van der Waals surface area (Å²) < 4.78 is 5.57. The molecule has 0 fully saturated rings. The van der Waals surface area contributed by atoms with Gasteiger partial charge < -0.3 is 20.8 Å². The number of hydrogen-bond donors (Lipinski definition) is 3. The molecule has 0 aliphatic carbocycles. The third kappa shape index (κ3) is 2.27. The standard InChI is InChI=1S/C14H15N3O2/c15-9-7-12(16-8-9)14(18)17-11-5-6-19-13-4-2-1-3-10(11)13/h1-4,7-8,11,16H,5-6,15H2,(H,17,18). The van der Waals surface area contributed by atoms with Crippen LogP contribution in [-0.4, -0.2) is 17.5 Å². The first-order chi connectivity index (χ1) is 9.24. The minimum atomic E-state index is -0.154. The summed E-state index contributed by atoms with van der Waals surface area (Å²) in [7, 11) is 0. The van der Waals surface area contributed by atoms with Crippen LogP contribution in [0.5, 0.6) is 5.75 Å². The quantitative estimate of drug-likeness (QED) is 0.768. The lowest BCUT2D eigenvalue weighted by molar-refractivity contribution is 0.0920. The highest BCUT2D eigenvalue weighted by Crippen LogP contribution is 2.31. The molecule has 0 spiro atoms. The number of nitrogens with one attached hydrogen (secondary N) is 2. The third-order valence-corrected chi connectivity index (χ3v) is 3.21. The smallest absolute Gasteiger partial charge is 0.268 e. The molecular weight excluding hydrogens is 242 g/mol. The Morgan fingerprint density at radius 3 is 3.05 bits per heavy atom. The first-order valence-corrected chi connectivity index (χ1v) is 6.20. The van der Waals surface area contributed by atoms with E-state index in [0.29, 0.717) is 18.0 Å². The van der Waals surface area contributed by atoms with Gasteiger partial charge in [-0.3, -0.25) is 4.79 Å². The summed E-state index contributed by atoms with van der Waals surface area (Å²) in [6, 6.07) is 9.36. The number of hydrogen-bond acceptors (Lipinski definition) is 3. The molecule has 5 nitrogen and oxygen atoms in total. The normalized spacial score (nSPS) is 17.4. The molecule has 0 saturated carbocycles. The first kappa shape index (κ1) is 11.6. The second-order valence-electron chi connectivity index (χ2n) is 4.55. The molecule has 0 radical (unpaired) electrons. The Bertz CT molecular complexity index is 606. The molecule has 1 aliphatic heterocycles. The van der Waals surface area contributed by atoms with E-state index in [1.54, 1.807) is 12.3 Å². The molecule has 98 valence electrons. The number of anilines is 1. The molecular formula is C14H15N3O2. The molecule has 3 rings (SSSR count). The van der Waals surface area contributed by atoms with Crippen LogP contribution in [0.3, 0.4) is 0 Å². The summed E-state index contributed by atoms with van der Waals surface area (Å²) in [4.78, 5) is 14.9. The zero-order chi connectivity index (χ0) is 13.2. The van der Waals surface area contributed by atoms with Crippen molar-refractivity contribution in [2.24, 2.45) is 0 Å². The lowest BCUT2D eigenvalue weighted by Gasteiger charge is -2.26. The number of para-hydroxylation sites is 1. The van der Waals surface area contributed by atoms with Crippen LogP contribution in [-0.2, 0) is 0 Å². The van der Waals surface area contributed by atoms with Crippen molar-refractivity contribution in [2.45, 2.75) is 12.5 Å². The summed E-state index contributed by atoms with van der Waals surface area (Å²) in [6.07, 6.45) is 2.37. The molecule has 1 aromatic carbocycles. The number of ether oxygens (including phenoxy) is 1. The lowest BCUT2D eigenvalue weighted by Crippen LogP contribution is -2.32. The largest absolute Gasteiger partial charge is 0.493 e. The number of carbonyl (C=O) groups is 1. The van der Waals surface area contributed by atoms with Gasteiger partial charge in [0.15, 0.2) is 0 Å². The highest BCUT2D eigenvalue weighted by Gasteiger charge is 2.23. The number of fused-ring (bicyclic) bond motifs is 1. The van der Waals surface area contributed by atoms with E-state index in [2.05, 4.69) is 10.3 Å². The van der Waals surface area contributed by atoms with Crippen molar-refractivity contribution in [3.05, 3.63) is 47.8 Å². The second-order valence-corrected chi connectivity index (χ2v) is 4.55. The van der Waals surface area contributed by atoms with Crippen molar-refractivity contribution in [1.82, 2.24) is 10.3 Å². The molecule has 0 saturated heterocycles. The second kappa shape index (κ2) is 4.68. The summed E-state index contributed by atoms with van der Waals surface area (Å²) in [5.41, 5.74) is 7.64. The van der Waals surface area contributed by atoms with Crippen LogP contribution in [0.15, 0.2) is 36.5 Å². The molecule has 2 aromatic rings. The van der Waals surface area contributed by atoms with E-state index < -0.39 is 0 Å². The van der Waals surface area contributed by atoms with Gasteiger partial charge in [-0.25, -0.2) is 0 Å². The highest BCUT2D eigenvalue weighted by atomic mass is 16.5. The van der Waals surface area contributed by atoms with Crippen molar-refractivity contribution in [3.63, 3.8) is 0 Å². The molecule has 4 N–H and O–H groups in total. The molecule has 1 aliphatic rings. The maximum atomic E-state index is 12.1. The van der Waals surface area contributed by atoms with Crippen molar-refractivity contribution in [3.8, 4) is 5.75 Å². The van der Waals surface area contributed by atoms with Crippen molar-refractivity contribution in [1.29, 1.82) is 0 Å². The topological polar surface area (TPSA) is 80.1 Å². The van der Waals surface area contributed by atoms with E-state index in [-0.39, 0.29) is 11.9 Å². The van der Waals surface area contributed by atoms with Crippen LogP contribution in [0.4, 0.5) is 5.69 Å². The fourth-order valence-electron chi connectivity index (χ4n) is 2.27. The Labute approximate surface area is 110 Å². The predicted molar refractivity (Wildman–Crippen MR) is 72.0 cm³/mol. The zero-order valence-electron chi connectivity index (χ0n) is 10.3. The maximum Gasteiger partial charge on any atom is 0.268 e. The van der Waals surface area contributed by atoms with Crippen molar-refractivity contribution < 1.29 is 9.53 Å². The first-order valence-electron chi connectivity index (χ1n) is 6.20. The summed E-state index contributed by atoms with van der Waals surface area (Å²) in [6.45, 7) is 0.606. The van der Waals surface area contributed by atoms with Crippen LogP contribution in [0.1, 0.15) is 28.5 Å². The number of H-pyrrole nitrogens is 1. The number of aromatic nitrogens is 1. The van der Waals surface area contributed by atoms with Gasteiger partial charge in [0, 0.05) is 23.9 Å². The number of nitrogen functional groups attached to an aromatic ring is 1. The van der Waals surface area contributed by atoms with E-state index in [1.165, 1.54) is 0 Å². The lowest BCUT2D eigenvalue weighted by atomic mass is 10.0. The maximum absolute atomic E-state index is 12.1. The Morgan fingerprint density at radius 1 is 1.42 bits per heavy atom. The third-order valence-electron chi connectivity index (χ3n) is 3.21. The van der Waals surface area contributed by atoms with E-state index in [0.717, 1.165) is 17.7 Å². The van der Waals surface area contributed by atoms with Crippen molar-refractivity contribution >= 4 is 11.6 Å². The van der Waals surface area contributed by atoms with Gasteiger partial charge in [0.2, 0.25) is 0 Å². The van der Waals surface area contributed by atoms with Gasteiger partial charge in [0.25, 0.3) is 5.91 Å². The minimum Gasteiger partial charge on any atom is -0.493 e. The van der Waals surface area contributed by atoms with Gasteiger partial charge in [-0.05, 0) is 12.1 Å². The van der Waals surface area contributed by atoms with Gasteiger partial charge in [0.1, 0.15) is 11.4 Å². The average Bonchev–Trinajstić information content (AvgIpc) is 2.86. The van der Waals surface area contributed by atoms with Crippen LogP contribution >= 0.6 is 0 Å². The van der Waals surface area contributed by atoms with Gasteiger partial charge in [0.05, 0.1) is 12.6 Å². The zero-order valence-corrected chi connectivity index (χ0v) is 10.3. The monoisotopic (exact) mass is 257 g/mol. The van der Waals surface area contributed by atoms with Gasteiger partial charge in [-0.15, -0.1) is 0 Å². The Kier molecular flexibility index (Phi) is 2.87. The highest BCUT2D eigenvalue weighted by molar-refractivity contribution is 5.93. The van der Waals surface area contributed by atoms with Crippen LogP contribution in [0.25, 0.3) is 0 Å². The molecule has 1 aromatic heterocycles. The minimum absolute atomic E-state index is 0.0259. The fraction of sp³-hybridized carbons (Fsp3) is 0.214. The number of benzene rings is 1. The molecule has 5 heteroatoms. The number of aromatic amines is 1. The van der Waals surface area contributed by atoms with Crippen LogP contribution < -0.4 is 15.8 Å². The summed E-state index contributed by atoms with van der Waals surface area (Å²) >= 11 is 0. The molecule has 19 heavy (non-hydrogen) atoms. The van der Waals surface area contributed by atoms with E-state index in [4.69, 9.17) is 10.5 Å². The van der Waals surface area contributed by atoms with Crippen LogP contribution in [0.2, 0.25) is 0 Å². The number of rotatable bonds is 2. The molecule has 2 heterocycles. The Morgan fingerprint density at radius 2 is 2.26 bits per heavy atom. The SMILES string of the molecule is Nc1c[nH]c(C(=O)NC2CCOc3ccccc32)c1. The van der Waals surface area contributed by atoms with E-state index in [1.807, 2.05) is 24.3 Å². The predicted octanol–water partition coefficient (Wildman–Crippen LogP) is 1.85. The summed E-state index contributed by atoms with van der Waals surface area (Å²) in [5, 5.41) is 3.00. The Balaban J connectivity index is 1.79. The number of amides is 1. The average molecular weight is 257 g/mol. The number of carbonyl (C=O) groups excluding carboxylic acids is 1. The van der Waals surface area contributed by atoms with E-state index >= 15 is 0 Å². The van der Waals surface area contributed by atoms with Gasteiger partial charge in [-0.1, -0.05) is 18.2 Å². The van der Waals surface area contributed by atoms with Gasteiger partial charge in [-0.2, -0.15) is 0 Å². The number of nitrogens with two attached hydrogens (primary N) is 1. The van der Waals surface area contributed by atoms with Gasteiger partial charge >= 0.3 is 0 Å². The molecule has 1 atom stereocenters. The van der Waals surface area contributed by atoms with E-state index in [9.17, 15) is 4.79 Å².